The van der Waals surface area contributed by atoms with Gasteiger partial charge in [0.15, 0.2) is 0 Å². The molecule has 0 atom stereocenters. The van der Waals surface area contributed by atoms with Gasteiger partial charge in [-0.05, 0) is 55.4 Å². The molecule has 0 bridgehead atoms. The van der Waals surface area contributed by atoms with Crippen molar-refractivity contribution in [3.63, 3.8) is 0 Å². The van der Waals surface area contributed by atoms with Gasteiger partial charge in [-0.3, -0.25) is 0 Å². The van der Waals surface area contributed by atoms with E-state index in [1.807, 2.05) is 13.8 Å². The van der Waals surface area contributed by atoms with Gasteiger partial charge >= 0.3 is 0 Å². The predicted octanol–water partition coefficient (Wildman–Crippen LogP) is 3.68. The summed E-state index contributed by atoms with van der Waals surface area (Å²) in [6, 6.07) is 0. The highest BCUT2D eigenvalue weighted by atomic mass is 16.5. The fraction of sp³-hybridized carbons (Fsp3) is 1.00. The van der Waals surface area contributed by atoms with Crippen LogP contribution in [0.2, 0.25) is 0 Å². The molecule has 0 aliphatic heterocycles. The zero-order valence-electron chi connectivity index (χ0n) is 15.4. The standard InChI is InChI=1S/C17H36O4/c1-9-18-11-17(12-19-10-2,13-20-15(3,4)5)14-21-16(6,7)8/h9-14H2,1-8H3. The van der Waals surface area contributed by atoms with Gasteiger partial charge in [-0.15, -0.1) is 0 Å². The molecule has 0 saturated heterocycles. The van der Waals surface area contributed by atoms with Crippen molar-refractivity contribution in [2.45, 2.75) is 66.6 Å². The van der Waals surface area contributed by atoms with Crippen LogP contribution in [0.3, 0.4) is 0 Å². The average molecular weight is 304 g/mol. The van der Waals surface area contributed by atoms with Crippen LogP contribution >= 0.6 is 0 Å². The van der Waals surface area contributed by atoms with E-state index in [1.165, 1.54) is 0 Å². The van der Waals surface area contributed by atoms with Crippen LogP contribution in [0, 0.1) is 5.41 Å². The second kappa shape index (κ2) is 9.09. The molecule has 4 nitrogen and oxygen atoms in total. The van der Waals surface area contributed by atoms with E-state index in [0.29, 0.717) is 39.6 Å². The third-order valence-corrected chi connectivity index (χ3v) is 2.85. The zero-order valence-corrected chi connectivity index (χ0v) is 15.4. The van der Waals surface area contributed by atoms with E-state index in [1.54, 1.807) is 0 Å². The number of ether oxygens (including phenoxy) is 4. The van der Waals surface area contributed by atoms with Gasteiger partial charge in [-0.2, -0.15) is 0 Å². The van der Waals surface area contributed by atoms with Crippen molar-refractivity contribution in [1.29, 1.82) is 0 Å². The molecule has 0 aliphatic rings. The first-order chi connectivity index (χ1) is 9.54. The second-order valence-corrected chi connectivity index (χ2v) is 7.58. The largest absolute Gasteiger partial charge is 0.381 e. The summed E-state index contributed by atoms with van der Waals surface area (Å²) in [4.78, 5) is 0. The molecule has 0 radical (unpaired) electrons. The van der Waals surface area contributed by atoms with E-state index in [0.717, 1.165) is 0 Å². The Bertz CT molecular complexity index is 235. The number of rotatable bonds is 10. The fourth-order valence-electron chi connectivity index (χ4n) is 1.63. The maximum atomic E-state index is 6.01. The highest BCUT2D eigenvalue weighted by Crippen LogP contribution is 2.25. The summed E-state index contributed by atoms with van der Waals surface area (Å²) in [7, 11) is 0. The van der Waals surface area contributed by atoms with Gasteiger partial charge in [0.2, 0.25) is 0 Å². The highest BCUT2D eigenvalue weighted by Gasteiger charge is 2.35. The lowest BCUT2D eigenvalue weighted by atomic mass is 9.91. The van der Waals surface area contributed by atoms with Crippen LogP contribution < -0.4 is 0 Å². The summed E-state index contributed by atoms with van der Waals surface area (Å²) in [5.74, 6) is 0. The lowest BCUT2D eigenvalue weighted by Crippen LogP contribution is -2.45. The summed E-state index contributed by atoms with van der Waals surface area (Å²) >= 11 is 0. The zero-order chi connectivity index (χ0) is 16.6. The first kappa shape index (κ1) is 20.8. The summed E-state index contributed by atoms with van der Waals surface area (Å²) in [6.45, 7) is 20.0. The quantitative estimate of drug-likeness (QED) is 0.617. The molecule has 4 heteroatoms. The van der Waals surface area contributed by atoms with Gasteiger partial charge in [0.25, 0.3) is 0 Å². The first-order valence-corrected chi connectivity index (χ1v) is 7.97. The summed E-state index contributed by atoms with van der Waals surface area (Å²) in [6.07, 6.45) is 0. The van der Waals surface area contributed by atoms with Crippen molar-refractivity contribution in [2.24, 2.45) is 5.41 Å². The van der Waals surface area contributed by atoms with Crippen molar-refractivity contribution in [3.8, 4) is 0 Å². The molecule has 0 saturated carbocycles. The fourth-order valence-corrected chi connectivity index (χ4v) is 1.63. The minimum absolute atomic E-state index is 0.189. The van der Waals surface area contributed by atoms with Crippen molar-refractivity contribution in [2.75, 3.05) is 39.6 Å². The van der Waals surface area contributed by atoms with Crippen molar-refractivity contribution >= 4 is 0 Å². The Labute approximate surface area is 131 Å². The second-order valence-electron chi connectivity index (χ2n) is 7.58. The van der Waals surface area contributed by atoms with Crippen LogP contribution in [0.1, 0.15) is 55.4 Å². The Balaban J connectivity index is 4.91. The molecule has 0 spiro atoms. The van der Waals surface area contributed by atoms with Crippen LogP contribution in [-0.2, 0) is 18.9 Å². The SMILES string of the molecule is CCOCC(COCC)(COC(C)(C)C)COC(C)(C)C. The van der Waals surface area contributed by atoms with Crippen LogP contribution in [-0.4, -0.2) is 50.8 Å². The summed E-state index contributed by atoms with van der Waals surface area (Å²) in [5, 5.41) is 0. The molecule has 0 fully saturated rings. The molecule has 128 valence electrons. The third kappa shape index (κ3) is 11.1. The molecule has 0 heterocycles. The maximum absolute atomic E-state index is 6.01. The van der Waals surface area contributed by atoms with E-state index in [2.05, 4.69) is 41.5 Å². The molecule has 0 aliphatic carbocycles. The van der Waals surface area contributed by atoms with Crippen molar-refractivity contribution < 1.29 is 18.9 Å². The van der Waals surface area contributed by atoms with E-state index >= 15 is 0 Å². The van der Waals surface area contributed by atoms with Crippen molar-refractivity contribution in [1.82, 2.24) is 0 Å². The Kier molecular flexibility index (Phi) is 9.02. The molecule has 0 N–H and O–H groups in total. The van der Waals surface area contributed by atoms with Gasteiger partial charge in [-0.25, -0.2) is 0 Å². The third-order valence-electron chi connectivity index (χ3n) is 2.85. The van der Waals surface area contributed by atoms with Gasteiger partial charge in [-0.1, -0.05) is 0 Å². The summed E-state index contributed by atoms with van der Waals surface area (Å²) < 4.78 is 23.4. The lowest BCUT2D eigenvalue weighted by Gasteiger charge is -2.37. The van der Waals surface area contributed by atoms with Crippen molar-refractivity contribution in [3.05, 3.63) is 0 Å². The van der Waals surface area contributed by atoms with E-state index in [4.69, 9.17) is 18.9 Å². The minimum atomic E-state index is -0.271. The topological polar surface area (TPSA) is 36.9 Å². The van der Waals surface area contributed by atoms with Gasteiger partial charge < -0.3 is 18.9 Å². The van der Waals surface area contributed by atoms with Crippen LogP contribution in [0.5, 0.6) is 0 Å². The maximum Gasteiger partial charge on any atom is 0.0638 e. The molecule has 0 rings (SSSR count). The predicted molar refractivity (Wildman–Crippen MR) is 86.8 cm³/mol. The highest BCUT2D eigenvalue weighted by molar-refractivity contribution is 4.82. The summed E-state index contributed by atoms with van der Waals surface area (Å²) in [5.41, 5.74) is -0.649. The lowest BCUT2D eigenvalue weighted by molar-refractivity contribution is -0.151. The molecule has 0 amide bonds. The molecule has 0 aromatic rings. The molecule has 0 aromatic heterocycles. The van der Waals surface area contributed by atoms with Crippen LogP contribution in [0.4, 0.5) is 0 Å². The van der Waals surface area contributed by atoms with E-state index < -0.39 is 0 Å². The van der Waals surface area contributed by atoms with Gasteiger partial charge in [0, 0.05) is 13.2 Å². The van der Waals surface area contributed by atoms with Crippen LogP contribution in [0.25, 0.3) is 0 Å². The Morgan fingerprint density at radius 2 is 0.905 bits per heavy atom. The number of hydrogen-bond acceptors (Lipinski definition) is 4. The molecular weight excluding hydrogens is 268 g/mol. The molecule has 0 aromatic carbocycles. The van der Waals surface area contributed by atoms with E-state index in [9.17, 15) is 0 Å². The minimum Gasteiger partial charge on any atom is -0.381 e. The monoisotopic (exact) mass is 304 g/mol. The van der Waals surface area contributed by atoms with Gasteiger partial charge in [0.1, 0.15) is 0 Å². The average Bonchev–Trinajstić information content (AvgIpc) is 2.35. The molecule has 21 heavy (non-hydrogen) atoms. The Hall–Kier alpha value is -0.160. The smallest absolute Gasteiger partial charge is 0.0638 e. The Morgan fingerprint density at radius 3 is 1.14 bits per heavy atom. The normalized spacial score (nSPS) is 13.7. The number of hydrogen-bond donors (Lipinski definition) is 0. The molecule has 0 unspecified atom stereocenters. The van der Waals surface area contributed by atoms with E-state index in [-0.39, 0.29) is 16.6 Å². The van der Waals surface area contributed by atoms with Crippen LogP contribution in [0.15, 0.2) is 0 Å². The first-order valence-electron chi connectivity index (χ1n) is 7.97. The van der Waals surface area contributed by atoms with Gasteiger partial charge in [0.05, 0.1) is 43.0 Å². The molecular formula is C17H36O4. The Morgan fingerprint density at radius 1 is 0.571 bits per heavy atom.